The monoisotopic (exact) mass is 495 g/mol. The van der Waals surface area contributed by atoms with Crippen molar-refractivity contribution in [1.82, 2.24) is 20.3 Å². The van der Waals surface area contributed by atoms with Crippen LogP contribution in [0.15, 0.2) is 60.8 Å². The molecule has 190 valence electrons. The van der Waals surface area contributed by atoms with Crippen LogP contribution in [0, 0.1) is 5.41 Å². The number of aliphatic carboxylic acids is 1. The number of nitrogens with two attached hydrogens (primary N) is 1. The molecule has 1 amide bonds. The van der Waals surface area contributed by atoms with Gasteiger partial charge in [0, 0.05) is 6.04 Å². The number of aromatic nitrogens is 3. The molecule has 3 aromatic rings. The quantitative estimate of drug-likeness (QED) is 0.270. The predicted molar refractivity (Wildman–Crippen MR) is 129 cm³/mol. The Balaban J connectivity index is 1.75. The van der Waals surface area contributed by atoms with Crippen LogP contribution in [0.1, 0.15) is 29.4 Å². The minimum absolute atomic E-state index is 0.0206. The molecule has 0 saturated carbocycles. The summed E-state index contributed by atoms with van der Waals surface area (Å²) < 4.78 is 6.01. The number of esters is 1. The second-order valence-electron chi connectivity index (χ2n) is 8.66. The van der Waals surface area contributed by atoms with Crippen molar-refractivity contribution in [2.45, 2.75) is 32.5 Å². The molecule has 11 heteroatoms. The van der Waals surface area contributed by atoms with Crippen molar-refractivity contribution in [3.8, 4) is 11.1 Å². The molecule has 2 atom stereocenters. The van der Waals surface area contributed by atoms with Crippen molar-refractivity contribution in [3.63, 3.8) is 0 Å². The van der Waals surface area contributed by atoms with Crippen molar-refractivity contribution in [2.75, 3.05) is 13.2 Å². The van der Waals surface area contributed by atoms with Gasteiger partial charge in [-0.25, -0.2) is 4.68 Å². The van der Waals surface area contributed by atoms with Gasteiger partial charge < -0.3 is 26.0 Å². The highest BCUT2D eigenvalue weighted by molar-refractivity contribution is 5.92. The summed E-state index contributed by atoms with van der Waals surface area (Å²) in [5.74, 6) is -2.38. The number of aliphatic hydroxyl groups excluding tert-OH is 1. The summed E-state index contributed by atoms with van der Waals surface area (Å²) in [6, 6.07) is 17.0. The maximum Gasteiger partial charge on any atom is 0.321 e. The number of benzene rings is 2. The van der Waals surface area contributed by atoms with E-state index in [1.807, 2.05) is 54.6 Å². The van der Waals surface area contributed by atoms with Crippen LogP contribution in [0.25, 0.3) is 11.1 Å². The van der Waals surface area contributed by atoms with Crippen molar-refractivity contribution >= 4 is 17.8 Å². The smallest absolute Gasteiger partial charge is 0.321 e. The number of amides is 1. The molecule has 0 saturated heterocycles. The van der Waals surface area contributed by atoms with Crippen LogP contribution in [0.3, 0.4) is 0 Å². The zero-order chi connectivity index (χ0) is 26.1. The summed E-state index contributed by atoms with van der Waals surface area (Å²) in [7, 11) is 0. The Morgan fingerprint density at radius 1 is 1.11 bits per heavy atom. The Labute approximate surface area is 207 Å². The maximum atomic E-state index is 12.9. The normalized spacial score (nSPS) is 13.4. The number of carbonyl (C=O) groups excluding carboxylic acids is 2. The second kappa shape index (κ2) is 12.0. The molecule has 0 radical (unpaired) electrons. The molecule has 36 heavy (non-hydrogen) atoms. The Hall–Kier alpha value is -4.09. The van der Waals surface area contributed by atoms with Crippen LogP contribution in [-0.2, 0) is 27.5 Å². The van der Waals surface area contributed by atoms with Crippen molar-refractivity contribution in [2.24, 2.45) is 11.1 Å². The molecule has 0 aliphatic heterocycles. The minimum Gasteiger partial charge on any atom is -0.481 e. The third-order valence-corrected chi connectivity index (χ3v) is 5.74. The third kappa shape index (κ3) is 6.96. The summed E-state index contributed by atoms with van der Waals surface area (Å²) in [4.78, 5) is 35.9. The lowest BCUT2D eigenvalue weighted by molar-refractivity contribution is -0.151. The minimum atomic E-state index is -1.46. The first-order valence-corrected chi connectivity index (χ1v) is 11.3. The SMILES string of the molecule is CC(CO)(CC(Cc1ccc(-c2ccccc2)cc1)NC(=O)c1cn(COC(=O)CN)nn1)C(=O)O. The van der Waals surface area contributed by atoms with Gasteiger partial charge in [-0.05, 0) is 36.5 Å². The molecule has 2 aromatic carbocycles. The van der Waals surface area contributed by atoms with Crippen LogP contribution >= 0.6 is 0 Å². The lowest BCUT2D eigenvalue weighted by atomic mass is 9.82. The van der Waals surface area contributed by atoms with E-state index in [4.69, 9.17) is 10.5 Å². The number of ether oxygens (including phenoxy) is 1. The lowest BCUT2D eigenvalue weighted by Crippen LogP contribution is -2.44. The van der Waals surface area contributed by atoms with E-state index in [2.05, 4.69) is 15.6 Å². The van der Waals surface area contributed by atoms with Crippen LogP contribution in [0.2, 0.25) is 0 Å². The standard InChI is InChI=1S/C25H29N5O6/c1-25(15-31,24(34)35)12-20(11-17-7-9-19(10-8-17)18-5-3-2-4-6-18)27-23(33)21-14-30(29-28-21)16-36-22(32)13-26/h2-10,14,20,31H,11-13,15-16,26H2,1H3,(H,27,33)(H,34,35). The molecule has 2 unspecified atom stereocenters. The number of rotatable bonds is 12. The number of carboxylic acid groups (broad SMARTS) is 1. The number of aliphatic hydroxyl groups is 1. The zero-order valence-corrected chi connectivity index (χ0v) is 19.8. The Morgan fingerprint density at radius 3 is 2.39 bits per heavy atom. The average molecular weight is 496 g/mol. The second-order valence-corrected chi connectivity index (χ2v) is 8.66. The van der Waals surface area contributed by atoms with Crippen LogP contribution in [0.4, 0.5) is 0 Å². The molecular formula is C25H29N5O6. The largest absolute Gasteiger partial charge is 0.481 e. The van der Waals surface area contributed by atoms with E-state index in [-0.39, 0.29) is 25.4 Å². The fourth-order valence-electron chi connectivity index (χ4n) is 3.61. The molecule has 0 fully saturated rings. The van der Waals surface area contributed by atoms with Crippen LogP contribution in [-0.4, -0.2) is 62.2 Å². The van der Waals surface area contributed by atoms with Gasteiger partial charge in [-0.15, -0.1) is 5.10 Å². The van der Waals surface area contributed by atoms with Crippen molar-refractivity contribution in [1.29, 1.82) is 0 Å². The summed E-state index contributed by atoms with van der Waals surface area (Å²) in [5.41, 5.74) is 6.65. The van der Waals surface area contributed by atoms with Gasteiger partial charge in [0.2, 0.25) is 0 Å². The van der Waals surface area contributed by atoms with Gasteiger partial charge in [0.05, 0.1) is 24.8 Å². The van der Waals surface area contributed by atoms with E-state index in [1.54, 1.807) is 0 Å². The average Bonchev–Trinajstić information content (AvgIpc) is 3.37. The molecule has 3 rings (SSSR count). The first-order chi connectivity index (χ1) is 17.2. The van der Waals surface area contributed by atoms with Crippen LogP contribution in [0.5, 0.6) is 0 Å². The fourth-order valence-corrected chi connectivity index (χ4v) is 3.61. The first-order valence-electron chi connectivity index (χ1n) is 11.3. The van der Waals surface area contributed by atoms with Gasteiger partial charge in [-0.1, -0.05) is 59.8 Å². The molecule has 0 bridgehead atoms. The van der Waals surface area contributed by atoms with E-state index in [0.717, 1.165) is 21.4 Å². The Bertz CT molecular complexity index is 1180. The molecule has 1 heterocycles. The highest BCUT2D eigenvalue weighted by atomic mass is 16.5. The predicted octanol–water partition coefficient (Wildman–Crippen LogP) is 1.22. The summed E-state index contributed by atoms with van der Waals surface area (Å²) in [6.45, 7) is 0.289. The number of carboxylic acids is 1. The van der Waals surface area contributed by atoms with E-state index in [0.29, 0.717) is 6.42 Å². The highest BCUT2D eigenvalue weighted by Crippen LogP contribution is 2.26. The zero-order valence-electron chi connectivity index (χ0n) is 19.8. The Kier molecular flexibility index (Phi) is 8.87. The summed E-state index contributed by atoms with van der Waals surface area (Å²) >= 11 is 0. The third-order valence-electron chi connectivity index (χ3n) is 5.74. The Morgan fingerprint density at radius 2 is 1.78 bits per heavy atom. The number of nitrogens with zero attached hydrogens (tertiary/aromatic N) is 3. The van der Waals surface area contributed by atoms with E-state index >= 15 is 0 Å². The highest BCUT2D eigenvalue weighted by Gasteiger charge is 2.36. The number of hydrogen-bond donors (Lipinski definition) is 4. The van der Waals surface area contributed by atoms with Gasteiger partial charge in [-0.3, -0.25) is 14.4 Å². The molecule has 1 aromatic heterocycles. The lowest BCUT2D eigenvalue weighted by Gasteiger charge is -2.28. The maximum absolute atomic E-state index is 12.9. The van der Waals surface area contributed by atoms with E-state index in [9.17, 15) is 24.6 Å². The van der Waals surface area contributed by atoms with Gasteiger partial charge in [0.25, 0.3) is 5.91 Å². The number of carbonyl (C=O) groups is 3. The summed E-state index contributed by atoms with van der Waals surface area (Å²) in [5, 5.41) is 29.7. The molecular weight excluding hydrogens is 466 g/mol. The van der Waals surface area contributed by atoms with Crippen molar-refractivity contribution in [3.05, 3.63) is 72.1 Å². The number of hydrogen-bond acceptors (Lipinski definition) is 8. The molecule has 0 aliphatic rings. The first kappa shape index (κ1) is 26.5. The van der Waals surface area contributed by atoms with Gasteiger partial charge in [0.1, 0.15) is 0 Å². The van der Waals surface area contributed by atoms with E-state index < -0.39 is 35.9 Å². The summed E-state index contributed by atoms with van der Waals surface area (Å²) in [6.07, 6.45) is 1.60. The van der Waals surface area contributed by atoms with Gasteiger partial charge in [0.15, 0.2) is 12.4 Å². The molecule has 5 N–H and O–H groups in total. The van der Waals surface area contributed by atoms with Crippen LogP contribution < -0.4 is 11.1 Å². The fraction of sp³-hybridized carbons (Fsp3) is 0.320. The van der Waals surface area contributed by atoms with Gasteiger partial charge in [-0.2, -0.15) is 0 Å². The molecule has 11 nitrogen and oxygen atoms in total. The number of nitrogens with one attached hydrogen (secondary N) is 1. The molecule has 0 spiro atoms. The molecule has 0 aliphatic carbocycles. The van der Waals surface area contributed by atoms with Crippen molar-refractivity contribution < 1.29 is 29.3 Å². The van der Waals surface area contributed by atoms with Gasteiger partial charge >= 0.3 is 11.9 Å². The topological polar surface area (TPSA) is 170 Å². The van der Waals surface area contributed by atoms with E-state index in [1.165, 1.54) is 13.1 Å².